The molecule has 0 amide bonds. The molecule has 17 heavy (non-hydrogen) atoms. The molecule has 4 heteroatoms. The Kier molecular flexibility index (Phi) is 3.15. The van der Waals surface area contributed by atoms with Crippen LogP contribution in [0, 0.1) is 5.82 Å². The second-order valence-corrected chi connectivity index (χ2v) is 4.81. The maximum atomic E-state index is 13.6. The number of carbonyl (C=O) groups is 1. The lowest BCUT2D eigenvalue weighted by Crippen LogP contribution is -2.53. The van der Waals surface area contributed by atoms with Crippen molar-refractivity contribution in [2.75, 3.05) is 24.7 Å². The van der Waals surface area contributed by atoms with Crippen LogP contribution in [0.15, 0.2) is 18.2 Å². The van der Waals surface area contributed by atoms with Crippen molar-refractivity contribution in [3.05, 3.63) is 29.6 Å². The van der Waals surface area contributed by atoms with Gasteiger partial charge in [0.1, 0.15) is 5.82 Å². The number of benzene rings is 1. The first-order chi connectivity index (χ1) is 8.06. The van der Waals surface area contributed by atoms with E-state index in [0.29, 0.717) is 31.7 Å². The van der Waals surface area contributed by atoms with Crippen LogP contribution in [0.5, 0.6) is 0 Å². The van der Waals surface area contributed by atoms with Gasteiger partial charge in [-0.05, 0) is 26.0 Å². The van der Waals surface area contributed by atoms with E-state index in [0.717, 1.165) is 0 Å². The summed E-state index contributed by atoms with van der Waals surface area (Å²) >= 11 is 0. The third-order valence-corrected chi connectivity index (χ3v) is 3.08. The van der Waals surface area contributed by atoms with Crippen molar-refractivity contribution in [1.29, 1.82) is 0 Å². The average molecular weight is 237 g/mol. The van der Waals surface area contributed by atoms with Crippen molar-refractivity contribution < 1.29 is 13.9 Å². The van der Waals surface area contributed by atoms with Crippen molar-refractivity contribution in [2.24, 2.45) is 0 Å². The second kappa shape index (κ2) is 4.45. The molecule has 1 saturated heterocycles. The Balaban J connectivity index is 2.45. The van der Waals surface area contributed by atoms with Gasteiger partial charge >= 0.3 is 0 Å². The zero-order valence-corrected chi connectivity index (χ0v) is 10.1. The molecule has 0 N–H and O–H groups in total. The van der Waals surface area contributed by atoms with E-state index in [1.165, 1.54) is 6.07 Å². The van der Waals surface area contributed by atoms with Gasteiger partial charge in [-0.1, -0.05) is 6.07 Å². The van der Waals surface area contributed by atoms with E-state index in [4.69, 9.17) is 4.74 Å². The molecule has 1 aliphatic heterocycles. The Labute approximate surface area is 100 Å². The summed E-state index contributed by atoms with van der Waals surface area (Å²) in [5.41, 5.74) is 0.542. The summed E-state index contributed by atoms with van der Waals surface area (Å²) in [6.07, 6.45) is 0.580. The van der Waals surface area contributed by atoms with Crippen LogP contribution >= 0.6 is 0 Å². The van der Waals surface area contributed by atoms with E-state index in [1.54, 1.807) is 12.1 Å². The van der Waals surface area contributed by atoms with Crippen molar-refractivity contribution in [3.8, 4) is 0 Å². The van der Waals surface area contributed by atoms with Crippen LogP contribution in [0.4, 0.5) is 10.1 Å². The van der Waals surface area contributed by atoms with Crippen LogP contribution in [0.1, 0.15) is 24.2 Å². The molecule has 1 heterocycles. The molecule has 1 fully saturated rings. The van der Waals surface area contributed by atoms with Gasteiger partial charge < -0.3 is 9.64 Å². The molecule has 0 saturated carbocycles. The maximum absolute atomic E-state index is 13.6. The summed E-state index contributed by atoms with van der Waals surface area (Å²) in [4.78, 5) is 13.0. The van der Waals surface area contributed by atoms with Crippen LogP contribution in [0.3, 0.4) is 0 Å². The lowest BCUT2D eigenvalue weighted by atomic mass is 9.99. The van der Waals surface area contributed by atoms with Gasteiger partial charge in [-0.3, -0.25) is 4.79 Å². The van der Waals surface area contributed by atoms with E-state index < -0.39 is 5.82 Å². The highest BCUT2D eigenvalue weighted by atomic mass is 19.1. The van der Waals surface area contributed by atoms with Crippen molar-refractivity contribution >= 4 is 12.0 Å². The number of hydrogen-bond donors (Lipinski definition) is 0. The second-order valence-electron chi connectivity index (χ2n) is 4.81. The smallest absolute Gasteiger partial charge is 0.155 e. The fraction of sp³-hybridized carbons (Fsp3) is 0.462. The number of carbonyl (C=O) groups excluding carboxylic acids is 1. The van der Waals surface area contributed by atoms with Crippen LogP contribution in [-0.4, -0.2) is 31.6 Å². The topological polar surface area (TPSA) is 29.5 Å². The number of aldehydes is 1. The third-order valence-electron chi connectivity index (χ3n) is 3.08. The van der Waals surface area contributed by atoms with Crippen molar-refractivity contribution in [1.82, 2.24) is 0 Å². The minimum absolute atomic E-state index is 0.127. The minimum atomic E-state index is -0.472. The number of anilines is 1. The third kappa shape index (κ3) is 2.17. The standard InChI is InChI=1S/C13H16FNO2/c1-13(2)9-17-7-6-15(13)12-5-3-4-11(14)10(12)8-16/h3-5,8H,6-7,9H2,1-2H3. The largest absolute Gasteiger partial charge is 0.377 e. The molecule has 92 valence electrons. The Bertz CT molecular complexity index is 431. The van der Waals surface area contributed by atoms with Gasteiger partial charge in [0.15, 0.2) is 6.29 Å². The van der Waals surface area contributed by atoms with Crippen LogP contribution in [-0.2, 0) is 4.74 Å². The summed E-state index contributed by atoms with van der Waals surface area (Å²) in [7, 11) is 0. The number of rotatable bonds is 2. The first-order valence-corrected chi connectivity index (χ1v) is 5.65. The highest BCUT2D eigenvalue weighted by Crippen LogP contribution is 2.30. The minimum Gasteiger partial charge on any atom is -0.377 e. The lowest BCUT2D eigenvalue weighted by Gasteiger charge is -2.44. The molecular weight excluding hydrogens is 221 g/mol. The Morgan fingerprint density at radius 1 is 1.47 bits per heavy atom. The lowest BCUT2D eigenvalue weighted by molar-refractivity contribution is 0.0642. The normalized spacial score (nSPS) is 19.1. The molecule has 0 unspecified atom stereocenters. The molecule has 1 aromatic rings. The molecule has 0 aliphatic carbocycles. The first kappa shape index (κ1) is 12.0. The molecule has 3 nitrogen and oxygen atoms in total. The zero-order valence-electron chi connectivity index (χ0n) is 10.1. The van der Waals surface area contributed by atoms with Crippen molar-refractivity contribution in [2.45, 2.75) is 19.4 Å². The van der Waals surface area contributed by atoms with Crippen molar-refractivity contribution in [3.63, 3.8) is 0 Å². The zero-order chi connectivity index (χ0) is 12.5. The molecule has 0 radical (unpaired) electrons. The summed E-state index contributed by atoms with van der Waals surface area (Å²) in [6.45, 7) is 5.87. The maximum Gasteiger partial charge on any atom is 0.155 e. The number of nitrogens with zero attached hydrogens (tertiary/aromatic N) is 1. The highest BCUT2D eigenvalue weighted by Gasteiger charge is 2.32. The van der Waals surface area contributed by atoms with Gasteiger partial charge in [-0.2, -0.15) is 0 Å². The summed E-state index contributed by atoms with van der Waals surface area (Å²) in [5.74, 6) is -0.472. The average Bonchev–Trinajstić information content (AvgIpc) is 2.28. The molecule has 0 aromatic heterocycles. The Hall–Kier alpha value is -1.42. The fourth-order valence-corrected chi connectivity index (χ4v) is 2.18. The van der Waals surface area contributed by atoms with Gasteiger partial charge in [0.05, 0.1) is 30.0 Å². The van der Waals surface area contributed by atoms with Gasteiger partial charge in [0, 0.05) is 6.54 Å². The number of morpholine rings is 1. The van der Waals surface area contributed by atoms with E-state index in [-0.39, 0.29) is 11.1 Å². The summed E-state index contributed by atoms with van der Waals surface area (Å²) in [5, 5.41) is 0. The fourth-order valence-electron chi connectivity index (χ4n) is 2.18. The molecular formula is C13H16FNO2. The van der Waals surface area contributed by atoms with Crippen LogP contribution in [0.2, 0.25) is 0 Å². The van der Waals surface area contributed by atoms with Gasteiger partial charge in [0.2, 0.25) is 0 Å². The number of hydrogen-bond acceptors (Lipinski definition) is 3. The van der Waals surface area contributed by atoms with E-state index in [1.807, 2.05) is 18.7 Å². The number of halogens is 1. The van der Waals surface area contributed by atoms with Crippen LogP contribution < -0.4 is 4.90 Å². The van der Waals surface area contributed by atoms with Gasteiger partial charge in [-0.25, -0.2) is 4.39 Å². The summed E-state index contributed by atoms with van der Waals surface area (Å²) in [6, 6.07) is 4.71. The van der Waals surface area contributed by atoms with E-state index >= 15 is 0 Å². The Morgan fingerprint density at radius 2 is 2.24 bits per heavy atom. The van der Waals surface area contributed by atoms with Crippen LogP contribution in [0.25, 0.3) is 0 Å². The predicted octanol–water partition coefficient (Wildman–Crippen LogP) is 2.25. The van der Waals surface area contributed by atoms with E-state index in [2.05, 4.69) is 0 Å². The number of ether oxygens (including phenoxy) is 1. The van der Waals surface area contributed by atoms with E-state index in [9.17, 15) is 9.18 Å². The monoisotopic (exact) mass is 237 g/mol. The van der Waals surface area contributed by atoms with Gasteiger partial charge in [-0.15, -0.1) is 0 Å². The Morgan fingerprint density at radius 3 is 2.88 bits per heavy atom. The predicted molar refractivity (Wildman–Crippen MR) is 64.0 cm³/mol. The molecule has 1 aromatic carbocycles. The molecule has 1 aliphatic rings. The molecule has 0 spiro atoms. The summed E-state index contributed by atoms with van der Waals surface area (Å²) < 4.78 is 19.0. The van der Waals surface area contributed by atoms with Gasteiger partial charge in [0.25, 0.3) is 0 Å². The molecule has 0 bridgehead atoms. The molecule has 0 atom stereocenters. The highest BCUT2D eigenvalue weighted by molar-refractivity contribution is 5.85. The quantitative estimate of drug-likeness (QED) is 0.739. The first-order valence-electron chi connectivity index (χ1n) is 5.65. The molecule has 2 rings (SSSR count). The SMILES string of the molecule is CC1(C)COCCN1c1cccc(F)c1C=O.